The number of para-hydroxylation sites is 1. The Morgan fingerprint density at radius 1 is 0.768 bits per heavy atom. The number of hydrogen-bond acceptors (Lipinski definition) is 14. The van der Waals surface area contributed by atoms with Crippen LogP contribution in [0.3, 0.4) is 0 Å². The number of carbonyl (C=O) groups is 8. The fraction of sp³-hybridized carbons (Fsp3) is 0.328. The van der Waals surface area contributed by atoms with Crippen LogP contribution in [0.1, 0.15) is 90.3 Å². The molecule has 5 heterocycles. The molecule has 4 aromatic carbocycles. The Morgan fingerprint density at radius 3 is 2.10 bits per heavy atom. The first-order chi connectivity index (χ1) is 39.6. The van der Waals surface area contributed by atoms with E-state index in [1.54, 1.807) is 53.6 Å². The van der Waals surface area contributed by atoms with Crippen molar-refractivity contribution in [2.75, 3.05) is 49.4 Å². The Bertz CT molecular complexity index is 3370. The Labute approximate surface area is 474 Å². The zero-order chi connectivity index (χ0) is 58.2. The molecule has 21 heteroatoms. The summed E-state index contributed by atoms with van der Waals surface area (Å²) < 4.78 is 24.4. The van der Waals surface area contributed by atoms with Gasteiger partial charge in [-0.25, -0.2) is 0 Å². The third-order valence-corrected chi connectivity index (χ3v) is 14.6. The smallest absolute Gasteiger partial charge is 0.261 e. The molecule has 0 aromatic heterocycles. The Kier molecular flexibility index (Phi) is 17.6. The highest BCUT2D eigenvalue weighted by Crippen LogP contribution is 2.43. The molecule has 0 bridgehead atoms. The lowest BCUT2D eigenvalue weighted by molar-refractivity contribution is -0.137. The number of ether oxygens (including phenoxy) is 4. The summed E-state index contributed by atoms with van der Waals surface area (Å²) in [6.45, 7) is 9.47. The number of methoxy groups -OCH3 is 2. The van der Waals surface area contributed by atoms with Crippen molar-refractivity contribution in [1.82, 2.24) is 25.8 Å². The van der Waals surface area contributed by atoms with Gasteiger partial charge in [-0.15, -0.1) is 0 Å². The highest BCUT2D eigenvalue weighted by Gasteiger charge is 2.39. The maximum Gasteiger partial charge on any atom is 0.261 e. The lowest BCUT2D eigenvalue weighted by Gasteiger charge is -2.23. The summed E-state index contributed by atoms with van der Waals surface area (Å²) in [5, 5.41) is 14.3. The van der Waals surface area contributed by atoms with Gasteiger partial charge in [-0.2, -0.15) is 0 Å². The first kappa shape index (κ1) is 57.2. The predicted octanol–water partition coefficient (Wildman–Crippen LogP) is 6.35. The summed E-state index contributed by atoms with van der Waals surface area (Å²) in [7, 11) is 2.97. The van der Waals surface area contributed by atoms with Gasteiger partial charge in [-0.3, -0.25) is 53.1 Å². The van der Waals surface area contributed by atoms with Crippen LogP contribution in [0.15, 0.2) is 120 Å². The monoisotopic (exact) mass is 1120 g/mol. The molecule has 5 aliphatic rings. The summed E-state index contributed by atoms with van der Waals surface area (Å²) in [6, 6.07) is 17.4. The van der Waals surface area contributed by atoms with E-state index in [1.807, 2.05) is 54.3 Å². The number of rotatable bonds is 23. The van der Waals surface area contributed by atoms with Crippen LogP contribution in [0.2, 0.25) is 0 Å². The van der Waals surface area contributed by atoms with E-state index in [-0.39, 0.29) is 74.7 Å². The molecule has 0 saturated carbocycles. The fourth-order valence-electron chi connectivity index (χ4n) is 10.5. The highest BCUT2D eigenvalue weighted by atomic mass is 16.5. The number of aliphatic imine (C=N–C) groups is 1. The van der Waals surface area contributed by atoms with Crippen molar-refractivity contribution in [1.29, 1.82) is 0 Å². The minimum absolute atomic E-state index is 0.0323. The minimum Gasteiger partial charge on any atom is -0.493 e. The third-order valence-electron chi connectivity index (χ3n) is 14.6. The minimum atomic E-state index is -1.07. The number of anilines is 3. The van der Waals surface area contributed by atoms with Crippen molar-refractivity contribution in [2.24, 2.45) is 4.99 Å². The number of allylic oxidation sites excluding steroid dienone is 3. The highest BCUT2D eigenvalue weighted by molar-refractivity contribution is 6.13. The van der Waals surface area contributed by atoms with E-state index in [9.17, 15) is 38.4 Å². The normalized spacial score (nSPS) is 17.4. The van der Waals surface area contributed by atoms with Gasteiger partial charge in [0, 0.05) is 86.5 Å². The van der Waals surface area contributed by atoms with Gasteiger partial charge in [0.05, 0.1) is 48.8 Å². The largest absolute Gasteiger partial charge is 0.493 e. The van der Waals surface area contributed by atoms with Crippen molar-refractivity contribution in [3.05, 3.63) is 143 Å². The Balaban J connectivity index is 0.869. The molecule has 4 atom stereocenters. The summed E-state index contributed by atoms with van der Waals surface area (Å²) in [5.41, 5.74) is 6.95. The maximum absolute atomic E-state index is 14.2. The fourth-order valence-corrected chi connectivity index (χ4v) is 10.5. The number of nitrogens with one attached hydrogen (secondary N) is 5. The van der Waals surface area contributed by atoms with E-state index in [2.05, 4.69) is 33.2 Å². The van der Waals surface area contributed by atoms with Crippen LogP contribution in [0.4, 0.5) is 22.7 Å². The van der Waals surface area contributed by atoms with Gasteiger partial charge in [0.15, 0.2) is 23.0 Å². The van der Waals surface area contributed by atoms with E-state index in [1.165, 1.54) is 40.2 Å². The molecule has 8 amide bonds. The molecule has 0 unspecified atom stereocenters. The number of unbranched alkanes of at least 4 members (excludes halogenated alkanes) is 1. The SMILES string of the molecule is C=CC1=C(/C=C\C)C[C@H]2C=Nc3cc(OCc4cc(COc5cc6c(cc5OC)C(=O)N5c7ccccc7C[C@H]5CN6)cc(NC(=O)[C@H](C)NC(=O)[C@H](C)NC(=O)CCCCC(=O)NCCN5C(=O)C=CC5=O)c4)c(OC)cc3C(=O)N12. The topological polar surface area (TPSA) is 256 Å². The molecule has 0 radical (unpaired) electrons. The number of imide groups is 1. The average molecular weight is 1120 g/mol. The van der Waals surface area contributed by atoms with Crippen molar-refractivity contribution >= 4 is 76.2 Å². The second-order valence-electron chi connectivity index (χ2n) is 20.3. The molecule has 5 N–H and O–H groups in total. The van der Waals surface area contributed by atoms with Crippen LogP contribution in [-0.2, 0) is 48.4 Å². The van der Waals surface area contributed by atoms with Crippen LogP contribution in [0, 0.1) is 0 Å². The van der Waals surface area contributed by atoms with Gasteiger partial charge in [0.1, 0.15) is 25.3 Å². The number of carbonyl (C=O) groups excluding carboxylic acids is 8. The van der Waals surface area contributed by atoms with Gasteiger partial charge in [-0.1, -0.05) is 36.9 Å². The zero-order valence-corrected chi connectivity index (χ0v) is 46.3. The average Bonchev–Trinajstić information content (AvgIpc) is 3.66. The van der Waals surface area contributed by atoms with Crippen LogP contribution < -0.4 is 50.4 Å². The summed E-state index contributed by atoms with van der Waals surface area (Å²) >= 11 is 0. The molecular formula is C61H65N9O12. The first-order valence-electron chi connectivity index (χ1n) is 27.1. The molecule has 5 aliphatic heterocycles. The third kappa shape index (κ3) is 12.6. The first-order valence-corrected chi connectivity index (χ1v) is 27.1. The zero-order valence-electron chi connectivity index (χ0n) is 46.3. The number of nitrogens with zero attached hydrogens (tertiary/aromatic N) is 4. The van der Waals surface area contributed by atoms with Crippen molar-refractivity contribution in [2.45, 2.75) is 96.7 Å². The maximum atomic E-state index is 14.2. The predicted molar refractivity (Wildman–Crippen MR) is 306 cm³/mol. The quantitative estimate of drug-likeness (QED) is 0.0401. The Hall–Kier alpha value is -9.53. The lowest BCUT2D eigenvalue weighted by atomic mass is 10.1. The number of amides is 8. The van der Waals surface area contributed by atoms with E-state index in [4.69, 9.17) is 23.9 Å². The number of hydrogen-bond donors (Lipinski definition) is 5. The molecule has 9 rings (SSSR count). The molecule has 0 spiro atoms. The van der Waals surface area contributed by atoms with E-state index < -0.39 is 41.6 Å². The Morgan fingerprint density at radius 2 is 1.41 bits per heavy atom. The van der Waals surface area contributed by atoms with Crippen LogP contribution in [-0.4, -0.2) is 121 Å². The van der Waals surface area contributed by atoms with Crippen LogP contribution >= 0.6 is 0 Å². The van der Waals surface area contributed by atoms with Crippen LogP contribution in [0.25, 0.3) is 0 Å². The second kappa shape index (κ2) is 25.3. The molecule has 21 nitrogen and oxygen atoms in total. The van der Waals surface area contributed by atoms with Gasteiger partial charge >= 0.3 is 0 Å². The van der Waals surface area contributed by atoms with Crippen molar-refractivity contribution in [3.63, 3.8) is 0 Å². The standard InChI is InChI=1S/C61H65N9O12/c1-7-13-39-25-42-31-63-46-29-52(50(79-5)27-44(46)60(77)69(42)48(39)8-2)81-33-37-22-38(34-82-53-30-47-45(28-51(53)80-6)61(78)70-43(32-64-47)26-40-14-9-10-15-49(40)70)24-41(23-37)67-59(76)36(4)66-58(75)35(3)65-55(72)17-12-11-16-54(71)62-20-21-68-56(73)18-19-57(68)74/h7-10,13-15,18-19,22-24,27-31,35-36,42-43,64H,2,11-12,16-17,20-21,25-26,32-34H2,1,3-6H3,(H,62,71)(H,65,72)(H,66,75)(H,67,76)/b13-7-/t35-,36-,42-,43-/m0/s1. The van der Waals surface area contributed by atoms with Gasteiger partial charge < -0.3 is 50.4 Å². The molecule has 426 valence electrons. The molecule has 4 aromatic rings. The second-order valence-corrected chi connectivity index (χ2v) is 20.3. The molecule has 0 aliphatic carbocycles. The molecule has 82 heavy (non-hydrogen) atoms. The summed E-state index contributed by atoms with van der Waals surface area (Å²) in [5.74, 6) is -1.88. The molecule has 0 fully saturated rings. The van der Waals surface area contributed by atoms with Crippen molar-refractivity contribution in [3.8, 4) is 23.0 Å². The molecule has 0 saturated heterocycles. The van der Waals surface area contributed by atoms with Crippen LogP contribution in [0.5, 0.6) is 23.0 Å². The molecular weight excluding hydrogens is 1050 g/mol. The van der Waals surface area contributed by atoms with Crippen molar-refractivity contribution < 1.29 is 57.3 Å². The van der Waals surface area contributed by atoms with E-state index in [0.717, 1.165) is 21.7 Å². The van der Waals surface area contributed by atoms with Gasteiger partial charge in [0.2, 0.25) is 23.6 Å². The van der Waals surface area contributed by atoms with E-state index in [0.29, 0.717) is 94.5 Å². The number of benzene rings is 4. The summed E-state index contributed by atoms with van der Waals surface area (Å²) in [4.78, 5) is 113. The number of fused-ring (bicyclic) bond motifs is 6. The van der Waals surface area contributed by atoms with E-state index >= 15 is 0 Å². The lowest BCUT2D eigenvalue weighted by Crippen LogP contribution is -2.50. The van der Waals surface area contributed by atoms with Gasteiger partial charge in [0.25, 0.3) is 23.6 Å². The van der Waals surface area contributed by atoms with Gasteiger partial charge in [-0.05, 0) is 105 Å². The summed E-state index contributed by atoms with van der Waals surface area (Å²) in [6.07, 6.45) is 11.8.